The second-order valence-corrected chi connectivity index (χ2v) is 7.73. The van der Waals surface area contributed by atoms with Crippen LogP contribution in [0.4, 0.5) is 0 Å². The van der Waals surface area contributed by atoms with Gasteiger partial charge in [0.25, 0.3) is 0 Å². The van der Waals surface area contributed by atoms with Crippen LogP contribution in [-0.2, 0) is 18.0 Å². The van der Waals surface area contributed by atoms with Gasteiger partial charge in [-0.05, 0) is 13.3 Å². The van der Waals surface area contributed by atoms with E-state index in [-0.39, 0.29) is 6.61 Å². The zero-order valence-corrected chi connectivity index (χ0v) is 13.9. The Morgan fingerprint density at radius 1 is 1.05 bits per heavy atom. The van der Waals surface area contributed by atoms with Gasteiger partial charge in [0.05, 0.1) is 18.8 Å². The first-order chi connectivity index (χ1) is 9.49. The molecule has 0 heterocycles. The topological polar surface area (TPSA) is 89.4 Å². The van der Waals surface area contributed by atoms with E-state index in [1.54, 1.807) is 28.3 Å². The van der Waals surface area contributed by atoms with Gasteiger partial charge in [0, 0.05) is 47.1 Å². The Labute approximate surface area is 122 Å². The lowest BCUT2D eigenvalue weighted by atomic mass is 10.3. The van der Waals surface area contributed by atoms with Gasteiger partial charge < -0.3 is 33.5 Å². The molecule has 0 aromatic heterocycles. The smallest absolute Gasteiger partial charge is 0.392 e. The Morgan fingerprint density at radius 3 is 2.15 bits per heavy atom. The van der Waals surface area contributed by atoms with Crippen LogP contribution in [0.15, 0.2) is 0 Å². The van der Waals surface area contributed by atoms with Gasteiger partial charge in [0.15, 0.2) is 0 Å². The van der Waals surface area contributed by atoms with Crippen LogP contribution < -0.4 is 5.32 Å². The summed E-state index contributed by atoms with van der Waals surface area (Å²) in [6.45, 7) is 3.32. The summed E-state index contributed by atoms with van der Waals surface area (Å²) in [7, 11) is 2.23. The van der Waals surface area contributed by atoms with E-state index >= 15 is 0 Å². The fourth-order valence-electron chi connectivity index (χ4n) is 1.68. The van der Waals surface area contributed by atoms with E-state index < -0.39 is 21.0 Å². The zero-order chi connectivity index (χ0) is 15.4. The van der Waals surface area contributed by atoms with Crippen molar-refractivity contribution in [3.63, 3.8) is 0 Å². The largest absolute Gasteiger partial charge is 0.500 e. The maximum Gasteiger partial charge on any atom is 0.500 e. The molecule has 0 fully saturated rings. The maximum absolute atomic E-state index is 9.63. The highest BCUT2D eigenvalue weighted by atomic mass is 28.4. The third kappa shape index (κ3) is 8.98. The van der Waals surface area contributed by atoms with Crippen molar-refractivity contribution in [3.8, 4) is 0 Å². The highest BCUT2D eigenvalue weighted by molar-refractivity contribution is 6.60. The molecule has 0 aromatic carbocycles. The fraction of sp³-hybridized carbons (Fsp3) is 1.00. The van der Waals surface area contributed by atoms with Crippen LogP contribution >= 0.6 is 0 Å². The van der Waals surface area contributed by atoms with E-state index in [0.29, 0.717) is 25.7 Å². The van der Waals surface area contributed by atoms with Crippen molar-refractivity contribution < 1.29 is 28.2 Å². The molecule has 8 heteroatoms. The number of aliphatic hydroxyl groups is 2. The predicted molar refractivity (Wildman–Crippen MR) is 77.6 cm³/mol. The van der Waals surface area contributed by atoms with Crippen LogP contribution in [0.5, 0.6) is 0 Å². The zero-order valence-electron chi connectivity index (χ0n) is 12.9. The molecule has 3 N–H and O–H groups in total. The summed E-state index contributed by atoms with van der Waals surface area (Å²) in [6, 6.07) is 0.673. The highest BCUT2D eigenvalue weighted by Gasteiger charge is 2.36. The molecule has 0 aliphatic rings. The normalized spacial score (nSPS) is 15.3. The highest BCUT2D eigenvalue weighted by Crippen LogP contribution is 2.14. The van der Waals surface area contributed by atoms with Gasteiger partial charge >= 0.3 is 8.80 Å². The standard InChI is InChI=1S/C12H29NO6Si/c1-11(14)8-13-9-12(15)10-19-6-5-7-20(16-2,17-3)18-4/h11-15H,5-10H2,1-4H3. The van der Waals surface area contributed by atoms with E-state index in [4.69, 9.17) is 23.1 Å². The van der Waals surface area contributed by atoms with Gasteiger partial charge in [-0.3, -0.25) is 0 Å². The van der Waals surface area contributed by atoms with Crippen LogP contribution in [0.3, 0.4) is 0 Å². The Morgan fingerprint density at radius 2 is 1.65 bits per heavy atom. The molecule has 0 radical (unpaired) electrons. The van der Waals surface area contributed by atoms with Gasteiger partial charge in [0.2, 0.25) is 0 Å². The molecule has 122 valence electrons. The number of hydrogen-bond acceptors (Lipinski definition) is 7. The van der Waals surface area contributed by atoms with Gasteiger partial charge in [-0.1, -0.05) is 0 Å². The van der Waals surface area contributed by atoms with Gasteiger partial charge in [0.1, 0.15) is 0 Å². The molecule has 0 aliphatic heterocycles. The molecule has 7 nitrogen and oxygen atoms in total. The Kier molecular flexibility index (Phi) is 11.5. The first-order valence-electron chi connectivity index (χ1n) is 6.79. The van der Waals surface area contributed by atoms with Gasteiger partial charge in [-0.25, -0.2) is 0 Å². The molecule has 0 bridgehead atoms. The Balaban J connectivity index is 3.60. The summed E-state index contributed by atoms with van der Waals surface area (Å²) < 4.78 is 21.3. The quantitative estimate of drug-likeness (QED) is 0.315. The molecular weight excluding hydrogens is 282 g/mol. The minimum absolute atomic E-state index is 0.258. The molecule has 0 saturated heterocycles. The van der Waals surface area contributed by atoms with Crippen LogP contribution in [-0.4, -0.2) is 78.9 Å². The van der Waals surface area contributed by atoms with Gasteiger partial charge in [-0.2, -0.15) is 0 Å². The SMILES string of the molecule is CO[Si](CCCOCC(O)CNCC(C)O)(OC)OC. The van der Waals surface area contributed by atoms with Crippen molar-refractivity contribution >= 4 is 8.80 Å². The number of rotatable bonds is 13. The van der Waals surface area contributed by atoms with E-state index in [0.717, 1.165) is 6.42 Å². The fourth-order valence-corrected chi connectivity index (χ4v) is 3.37. The summed E-state index contributed by atoms with van der Waals surface area (Å²) in [5, 5.41) is 21.6. The Bertz CT molecular complexity index is 220. The lowest BCUT2D eigenvalue weighted by molar-refractivity contribution is 0.0339. The third-order valence-corrected chi connectivity index (χ3v) is 5.67. The third-order valence-electron chi connectivity index (χ3n) is 2.83. The minimum atomic E-state index is -2.51. The molecule has 0 spiro atoms. The summed E-state index contributed by atoms with van der Waals surface area (Å²) >= 11 is 0. The lowest BCUT2D eigenvalue weighted by Crippen LogP contribution is -2.42. The summed E-state index contributed by atoms with van der Waals surface area (Å²) in [4.78, 5) is 0. The van der Waals surface area contributed by atoms with Crippen LogP contribution in [0.1, 0.15) is 13.3 Å². The summed E-state index contributed by atoms with van der Waals surface area (Å²) in [5.74, 6) is 0. The van der Waals surface area contributed by atoms with E-state index in [1.165, 1.54) is 0 Å². The number of ether oxygens (including phenoxy) is 1. The monoisotopic (exact) mass is 311 g/mol. The van der Waals surface area contributed by atoms with Gasteiger partial charge in [-0.15, -0.1) is 0 Å². The van der Waals surface area contributed by atoms with Crippen LogP contribution in [0, 0.1) is 0 Å². The first kappa shape index (κ1) is 19.9. The molecule has 0 aliphatic carbocycles. The molecular formula is C12H29NO6Si. The molecule has 20 heavy (non-hydrogen) atoms. The molecule has 0 rings (SSSR count). The lowest BCUT2D eigenvalue weighted by Gasteiger charge is -2.24. The van der Waals surface area contributed by atoms with E-state index in [9.17, 15) is 5.11 Å². The van der Waals surface area contributed by atoms with Crippen molar-refractivity contribution in [1.29, 1.82) is 0 Å². The number of aliphatic hydroxyl groups excluding tert-OH is 2. The van der Waals surface area contributed by atoms with Crippen LogP contribution in [0.2, 0.25) is 6.04 Å². The molecule has 0 aromatic rings. The van der Waals surface area contributed by atoms with Crippen LogP contribution in [0.25, 0.3) is 0 Å². The predicted octanol–water partition coefficient (Wildman–Crippen LogP) is -0.397. The van der Waals surface area contributed by atoms with E-state index in [2.05, 4.69) is 5.32 Å². The second-order valence-electron chi connectivity index (χ2n) is 4.63. The van der Waals surface area contributed by atoms with Crippen molar-refractivity contribution in [3.05, 3.63) is 0 Å². The van der Waals surface area contributed by atoms with Crippen molar-refractivity contribution in [2.45, 2.75) is 31.6 Å². The minimum Gasteiger partial charge on any atom is -0.392 e. The summed E-state index contributed by atoms with van der Waals surface area (Å²) in [5.41, 5.74) is 0. The summed E-state index contributed by atoms with van der Waals surface area (Å²) in [6.07, 6.45) is -0.253. The average molecular weight is 311 g/mol. The number of hydrogen-bond donors (Lipinski definition) is 3. The van der Waals surface area contributed by atoms with E-state index in [1.807, 2.05) is 0 Å². The molecule has 0 saturated carbocycles. The molecule has 2 unspecified atom stereocenters. The second kappa shape index (κ2) is 11.6. The molecule has 0 amide bonds. The number of nitrogens with one attached hydrogen (secondary N) is 1. The van der Waals surface area contributed by atoms with Crippen molar-refractivity contribution in [2.24, 2.45) is 0 Å². The average Bonchev–Trinajstić information content (AvgIpc) is 2.43. The van der Waals surface area contributed by atoms with Crippen molar-refractivity contribution in [1.82, 2.24) is 5.32 Å². The van der Waals surface area contributed by atoms with Crippen molar-refractivity contribution in [2.75, 3.05) is 47.6 Å². The Hall–Kier alpha value is -0.0631. The maximum atomic E-state index is 9.63. The first-order valence-corrected chi connectivity index (χ1v) is 8.73. The molecule has 2 atom stereocenters.